The van der Waals surface area contributed by atoms with E-state index in [0.717, 1.165) is 96.3 Å². The summed E-state index contributed by atoms with van der Waals surface area (Å²) < 4.78 is 68.3. The first-order chi connectivity index (χ1) is 47.2. The van der Waals surface area contributed by atoms with Gasteiger partial charge in [-0.3, -0.25) is 37.3 Å². The lowest BCUT2D eigenvalue weighted by Crippen LogP contribution is -2.30. The minimum atomic E-state index is -4.96. The standard InChI is InChI=1S/C78H152O17P2/c1-5-9-13-17-20-23-26-28-30-32-34-36-38-40-42-44-46-49-51-55-59-63-76(81)89-69-74(95-78(83)65-61-57-53-50-47-45-43-41-39-37-35-33-31-29-27-24-21-18-14-10-6-2)71-93-97(86,87)91-67-72(79)66-90-96(84,85)92-70-73(68-88-75(80)62-58-54-16-12-8-4)94-77(82)64-60-56-52-48-25-22-19-15-11-7-3/h72-74,79H,5-71H2,1-4H3,(H,84,85)(H,86,87)/t72-,73+,74+/m0/s1. The fourth-order valence-corrected chi connectivity index (χ4v) is 13.7. The number of aliphatic hydroxyl groups is 1. The van der Waals surface area contributed by atoms with Crippen LogP contribution >= 0.6 is 15.6 Å². The molecule has 0 bridgehead atoms. The summed E-state index contributed by atoms with van der Waals surface area (Å²) in [5, 5.41) is 10.6. The quantitative estimate of drug-likeness (QED) is 0.0222. The van der Waals surface area contributed by atoms with E-state index in [2.05, 4.69) is 27.7 Å². The summed E-state index contributed by atoms with van der Waals surface area (Å²) in [5.74, 6) is -2.12. The molecule has 0 heterocycles. The number of carbonyl (C=O) groups is 4. The molecule has 19 heteroatoms. The third-order valence-electron chi connectivity index (χ3n) is 18.4. The van der Waals surface area contributed by atoms with Crippen molar-refractivity contribution in [3.05, 3.63) is 0 Å². The van der Waals surface area contributed by atoms with Crippen LogP contribution in [0.5, 0.6) is 0 Å². The first-order valence-electron chi connectivity index (χ1n) is 40.8. The first kappa shape index (κ1) is 95.1. The number of phosphoric ester groups is 2. The van der Waals surface area contributed by atoms with E-state index >= 15 is 0 Å². The van der Waals surface area contributed by atoms with Crippen molar-refractivity contribution in [1.82, 2.24) is 0 Å². The number of aliphatic hydroxyl groups excluding tert-OH is 1. The van der Waals surface area contributed by atoms with Crippen molar-refractivity contribution in [3.63, 3.8) is 0 Å². The maximum Gasteiger partial charge on any atom is 0.472 e. The molecule has 0 aliphatic heterocycles. The lowest BCUT2D eigenvalue weighted by atomic mass is 10.0. The molecule has 0 aliphatic rings. The molecular formula is C78H152O17P2. The molecule has 97 heavy (non-hydrogen) atoms. The van der Waals surface area contributed by atoms with Gasteiger partial charge in [-0.2, -0.15) is 0 Å². The third-order valence-corrected chi connectivity index (χ3v) is 20.3. The van der Waals surface area contributed by atoms with Crippen LogP contribution in [0.3, 0.4) is 0 Å². The lowest BCUT2D eigenvalue weighted by Gasteiger charge is -2.21. The van der Waals surface area contributed by atoms with Gasteiger partial charge in [0.1, 0.15) is 19.3 Å². The normalized spacial score (nSPS) is 13.8. The number of hydrogen-bond acceptors (Lipinski definition) is 15. The summed E-state index contributed by atoms with van der Waals surface area (Å²) in [5.41, 5.74) is 0. The van der Waals surface area contributed by atoms with E-state index in [1.807, 2.05) is 0 Å². The smallest absolute Gasteiger partial charge is 0.462 e. The van der Waals surface area contributed by atoms with Crippen LogP contribution in [0.1, 0.15) is 419 Å². The largest absolute Gasteiger partial charge is 0.472 e. The van der Waals surface area contributed by atoms with Crippen molar-refractivity contribution in [2.75, 3.05) is 39.6 Å². The molecular weight excluding hydrogens is 1270 g/mol. The van der Waals surface area contributed by atoms with Gasteiger partial charge in [-0.1, -0.05) is 368 Å². The average Bonchev–Trinajstić information content (AvgIpc) is 1.75. The summed E-state index contributed by atoms with van der Waals surface area (Å²) in [7, 11) is -9.90. The van der Waals surface area contributed by atoms with Crippen LogP contribution in [0.25, 0.3) is 0 Å². The Kier molecular flexibility index (Phi) is 71.0. The van der Waals surface area contributed by atoms with Crippen LogP contribution < -0.4 is 0 Å². The highest BCUT2D eigenvalue weighted by atomic mass is 31.2. The number of phosphoric acid groups is 2. The fourth-order valence-electron chi connectivity index (χ4n) is 12.1. The Balaban J connectivity index is 5.08. The van der Waals surface area contributed by atoms with E-state index in [4.69, 9.17) is 37.0 Å². The minimum Gasteiger partial charge on any atom is -0.462 e. The van der Waals surface area contributed by atoms with E-state index in [-0.39, 0.29) is 25.7 Å². The topological polar surface area (TPSA) is 237 Å². The number of hydrogen-bond donors (Lipinski definition) is 3. The van der Waals surface area contributed by atoms with Gasteiger partial charge in [-0.25, -0.2) is 9.13 Å². The molecule has 0 aromatic heterocycles. The van der Waals surface area contributed by atoms with Gasteiger partial charge in [0.05, 0.1) is 26.4 Å². The summed E-state index contributed by atoms with van der Waals surface area (Å²) >= 11 is 0. The summed E-state index contributed by atoms with van der Waals surface area (Å²) in [4.78, 5) is 72.5. The molecule has 0 spiro atoms. The zero-order chi connectivity index (χ0) is 71.1. The van der Waals surface area contributed by atoms with Gasteiger partial charge in [0, 0.05) is 25.7 Å². The van der Waals surface area contributed by atoms with E-state index in [0.29, 0.717) is 25.7 Å². The second-order valence-electron chi connectivity index (χ2n) is 28.1. The molecule has 17 nitrogen and oxygen atoms in total. The molecule has 0 saturated heterocycles. The van der Waals surface area contributed by atoms with Crippen molar-refractivity contribution in [3.8, 4) is 0 Å². The molecule has 2 unspecified atom stereocenters. The molecule has 0 aromatic rings. The van der Waals surface area contributed by atoms with E-state index in [9.17, 15) is 43.2 Å². The van der Waals surface area contributed by atoms with Crippen molar-refractivity contribution in [1.29, 1.82) is 0 Å². The highest BCUT2D eigenvalue weighted by Crippen LogP contribution is 2.45. The van der Waals surface area contributed by atoms with Crippen molar-refractivity contribution < 1.29 is 80.2 Å². The number of rotatable bonds is 79. The maximum atomic E-state index is 13.1. The Morgan fingerprint density at radius 1 is 0.247 bits per heavy atom. The molecule has 0 radical (unpaired) electrons. The van der Waals surface area contributed by atoms with Crippen LogP contribution in [0.2, 0.25) is 0 Å². The van der Waals surface area contributed by atoms with Crippen LogP contribution in [0, 0.1) is 0 Å². The summed E-state index contributed by atoms with van der Waals surface area (Å²) in [6.45, 7) is 4.89. The first-order valence-corrected chi connectivity index (χ1v) is 43.8. The minimum absolute atomic E-state index is 0.106. The Labute approximate surface area is 594 Å². The highest BCUT2D eigenvalue weighted by molar-refractivity contribution is 7.47. The van der Waals surface area contributed by atoms with Gasteiger partial charge in [0.15, 0.2) is 12.2 Å². The second-order valence-corrected chi connectivity index (χ2v) is 31.0. The molecule has 0 fully saturated rings. The van der Waals surface area contributed by atoms with Gasteiger partial charge in [0.25, 0.3) is 0 Å². The van der Waals surface area contributed by atoms with Crippen molar-refractivity contribution >= 4 is 39.5 Å². The van der Waals surface area contributed by atoms with Crippen molar-refractivity contribution in [2.45, 2.75) is 438 Å². The number of esters is 4. The third kappa shape index (κ3) is 72.2. The maximum absolute atomic E-state index is 13.1. The Hall–Kier alpha value is -1.94. The Bertz CT molecular complexity index is 1840. The molecule has 0 aromatic carbocycles. The molecule has 576 valence electrons. The van der Waals surface area contributed by atoms with Gasteiger partial charge in [0.2, 0.25) is 0 Å². The predicted molar refractivity (Wildman–Crippen MR) is 395 cm³/mol. The molecule has 0 rings (SSSR count). The van der Waals surface area contributed by atoms with Gasteiger partial charge >= 0.3 is 39.5 Å². The van der Waals surface area contributed by atoms with Crippen LogP contribution in [-0.2, 0) is 65.4 Å². The second kappa shape index (κ2) is 72.4. The van der Waals surface area contributed by atoms with E-state index in [1.54, 1.807) is 0 Å². The zero-order valence-electron chi connectivity index (χ0n) is 63.1. The van der Waals surface area contributed by atoms with E-state index < -0.39 is 97.5 Å². The van der Waals surface area contributed by atoms with Crippen LogP contribution in [0.4, 0.5) is 0 Å². The molecule has 0 aliphatic carbocycles. The van der Waals surface area contributed by atoms with Gasteiger partial charge < -0.3 is 33.8 Å². The van der Waals surface area contributed by atoms with Gasteiger partial charge in [-0.15, -0.1) is 0 Å². The monoisotopic (exact) mass is 1420 g/mol. The molecule has 0 amide bonds. The summed E-state index contributed by atoms with van der Waals surface area (Å²) in [6, 6.07) is 0. The Morgan fingerprint density at radius 2 is 0.412 bits per heavy atom. The molecule has 5 atom stereocenters. The average molecular weight is 1420 g/mol. The highest BCUT2D eigenvalue weighted by Gasteiger charge is 2.30. The number of ether oxygens (including phenoxy) is 4. The fraction of sp³-hybridized carbons (Fsp3) is 0.949. The summed E-state index contributed by atoms with van der Waals surface area (Å²) in [6.07, 6.45) is 64.6. The van der Waals surface area contributed by atoms with E-state index in [1.165, 1.54) is 244 Å². The number of unbranched alkanes of at least 4 members (excludes halogenated alkanes) is 53. The van der Waals surface area contributed by atoms with Gasteiger partial charge in [-0.05, 0) is 25.7 Å². The number of carbonyl (C=O) groups excluding carboxylic acids is 4. The Morgan fingerprint density at radius 3 is 0.608 bits per heavy atom. The SMILES string of the molecule is CCCCCCCCCCCCCCCCCCCCCCCC(=O)OC[C@H](COP(=O)(O)OC[C@@H](O)COP(=O)(O)OC[C@@H](COC(=O)CCCCCCC)OC(=O)CCCCCCCCCCCC)OC(=O)CCCCCCCCCCCCCCCCCCCCCCC. The van der Waals surface area contributed by atoms with Crippen LogP contribution in [0.15, 0.2) is 0 Å². The zero-order valence-corrected chi connectivity index (χ0v) is 64.8. The predicted octanol–water partition coefficient (Wildman–Crippen LogP) is 23.4. The van der Waals surface area contributed by atoms with Crippen LogP contribution in [-0.4, -0.2) is 96.7 Å². The molecule has 0 saturated carbocycles. The molecule has 3 N–H and O–H groups in total. The van der Waals surface area contributed by atoms with Crippen molar-refractivity contribution in [2.24, 2.45) is 0 Å². The lowest BCUT2D eigenvalue weighted by molar-refractivity contribution is -0.161.